The molecule has 8 nitrogen and oxygen atoms in total. The Morgan fingerprint density at radius 3 is 2.89 bits per heavy atom. The van der Waals surface area contributed by atoms with Crippen LogP contribution >= 0.6 is 11.3 Å². The van der Waals surface area contributed by atoms with E-state index in [2.05, 4.69) is 21.4 Å². The maximum absolute atomic E-state index is 12.5. The van der Waals surface area contributed by atoms with Crippen molar-refractivity contribution in [1.82, 2.24) is 24.8 Å². The molecule has 4 heterocycles. The number of fused-ring (bicyclic) bond motifs is 1. The number of carbonyl (C=O) groups is 1. The molecule has 0 spiro atoms. The minimum atomic E-state index is -1.48. The zero-order valence-electron chi connectivity index (χ0n) is 19.2. The maximum atomic E-state index is 12.5. The van der Waals surface area contributed by atoms with Crippen LogP contribution in [0, 0.1) is 0 Å². The number of hydrogen-bond acceptors (Lipinski definition) is 8. The quantitative estimate of drug-likeness (QED) is 0.444. The first-order valence-corrected chi connectivity index (χ1v) is 12.5. The first-order chi connectivity index (χ1) is 17.0. The zero-order valence-corrected chi connectivity index (χ0v) is 20.0. The van der Waals surface area contributed by atoms with Crippen molar-refractivity contribution in [2.24, 2.45) is 0 Å². The summed E-state index contributed by atoms with van der Waals surface area (Å²) in [4.78, 5) is 32.5. The molecule has 3 aromatic heterocycles. The number of thiazole rings is 1. The van der Waals surface area contributed by atoms with E-state index in [0.29, 0.717) is 24.5 Å². The molecular weight excluding hydrogens is 460 g/mol. The van der Waals surface area contributed by atoms with E-state index >= 15 is 0 Å². The lowest BCUT2D eigenvalue weighted by atomic mass is 9.91. The van der Waals surface area contributed by atoms with E-state index in [9.17, 15) is 9.90 Å². The predicted octanol–water partition coefficient (Wildman–Crippen LogP) is 3.81. The molecule has 1 amide bonds. The molecule has 0 bridgehead atoms. The number of benzene rings is 1. The van der Waals surface area contributed by atoms with Gasteiger partial charge in [-0.05, 0) is 42.2 Å². The smallest absolute Gasteiger partial charge is 0.258 e. The fourth-order valence-corrected chi connectivity index (χ4v) is 5.65. The number of carbonyl (C=O) groups excluding carboxylic acids is 1. The maximum Gasteiger partial charge on any atom is 0.258 e. The highest BCUT2D eigenvalue weighted by Gasteiger charge is 2.45. The summed E-state index contributed by atoms with van der Waals surface area (Å²) in [5, 5.41) is 17.2. The summed E-state index contributed by atoms with van der Waals surface area (Å²) < 4.78 is 0. The van der Waals surface area contributed by atoms with Crippen molar-refractivity contribution in [3.63, 3.8) is 0 Å². The molecule has 2 N–H and O–H groups in total. The average Bonchev–Trinajstić information content (AvgIpc) is 3.61. The van der Waals surface area contributed by atoms with Gasteiger partial charge in [0.25, 0.3) is 5.91 Å². The van der Waals surface area contributed by atoms with Gasteiger partial charge in [0, 0.05) is 43.4 Å². The minimum Gasteiger partial charge on any atom is -0.375 e. The fraction of sp³-hybridized carbons (Fsp3) is 0.269. The van der Waals surface area contributed by atoms with Gasteiger partial charge in [0.15, 0.2) is 5.60 Å². The van der Waals surface area contributed by atoms with Crippen LogP contribution in [0.2, 0.25) is 0 Å². The molecular formula is C26H24N6O2S. The van der Waals surface area contributed by atoms with E-state index in [0.717, 1.165) is 40.5 Å². The van der Waals surface area contributed by atoms with Crippen molar-refractivity contribution >= 4 is 23.2 Å². The topological polar surface area (TPSA) is 104 Å². The number of aliphatic hydroxyl groups is 1. The third-order valence-electron chi connectivity index (χ3n) is 6.78. The van der Waals surface area contributed by atoms with Crippen LogP contribution in [-0.2, 0) is 16.8 Å². The van der Waals surface area contributed by atoms with Crippen molar-refractivity contribution in [3.8, 4) is 22.0 Å². The number of likely N-dealkylation sites (N-methyl/N-ethyl adjacent to an activating group) is 1. The molecule has 1 unspecified atom stereocenters. The van der Waals surface area contributed by atoms with Gasteiger partial charge in [-0.3, -0.25) is 9.78 Å². The van der Waals surface area contributed by atoms with Crippen LogP contribution in [0.5, 0.6) is 0 Å². The molecule has 2 atom stereocenters. The van der Waals surface area contributed by atoms with Crippen molar-refractivity contribution in [1.29, 1.82) is 0 Å². The van der Waals surface area contributed by atoms with Crippen molar-refractivity contribution < 1.29 is 9.90 Å². The first kappa shape index (κ1) is 21.8. The van der Waals surface area contributed by atoms with Crippen LogP contribution in [0.3, 0.4) is 0 Å². The molecule has 2 aliphatic rings. The number of hydrogen-bond donors (Lipinski definition) is 2. The van der Waals surface area contributed by atoms with Crippen LogP contribution in [0.25, 0.3) is 22.0 Å². The standard InChI is InChI=1S/C26H24N6O2S/c1-32-13-10-26(34,24(32)33)18-6-2-4-17(14-18)23-29-21(15-35-23)19-9-12-28-25(30-19)31-20-8-7-16-5-3-11-27-22(16)20/h2-6,9,11-12,14-15,20,34H,7-8,10,13H2,1H3,(H,28,30,31)/t20?,26-/m1/s1. The molecule has 1 aromatic carbocycles. The van der Waals surface area contributed by atoms with Crippen LogP contribution in [0.15, 0.2) is 60.2 Å². The van der Waals surface area contributed by atoms with Crippen LogP contribution < -0.4 is 5.32 Å². The molecule has 9 heteroatoms. The van der Waals surface area contributed by atoms with Gasteiger partial charge in [0.1, 0.15) is 10.7 Å². The monoisotopic (exact) mass is 484 g/mol. The van der Waals surface area contributed by atoms with Crippen LogP contribution in [-0.4, -0.2) is 49.4 Å². The van der Waals surface area contributed by atoms with E-state index < -0.39 is 5.60 Å². The summed E-state index contributed by atoms with van der Waals surface area (Å²) >= 11 is 1.50. The minimum absolute atomic E-state index is 0.0957. The normalized spacial score (nSPS) is 21.4. The van der Waals surface area contributed by atoms with Gasteiger partial charge in [-0.2, -0.15) is 0 Å². The summed E-state index contributed by atoms with van der Waals surface area (Å²) in [6, 6.07) is 13.5. The summed E-state index contributed by atoms with van der Waals surface area (Å²) in [6.45, 7) is 0.535. The molecule has 1 saturated heterocycles. The Balaban J connectivity index is 1.24. The fourth-order valence-electron chi connectivity index (χ4n) is 4.83. The van der Waals surface area contributed by atoms with Gasteiger partial charge < -0.3 is 15.3 Å². The molecule has 1 aliphatic heterocycles. The molecule has 0 saturated carbocycles. The van der Waals surface area contributed by atoms with E-state index in [1.165, 1.54) is 16.9 Å². The molecule has 4 aromatic rings. The van der Waals surface area contributed by atoms with E-state index in [4.69, 9.17) is 9.97 Å². The molecule has 35 heavy (non-hydrogen) atoms. The highest BCUT2D eigenvalue weighted by Crippen LogP contribution is 2.36. The number of amides is 1. The van der Waals surface area contributed by atoms with E-state index in [1.54, 1.807) is 24.2 Å². The van der Waals surface area contributed by atoms with Gasteiger partial charge in [-0.25, -0.2) is 15.0 Å². The van der Waals surface area contributed by atoms with Gasteiger partial charge in [0.05, 0.1) is 17.4 Å². The molecule has 6 rings (SSSR count). The third kappa shape index (κ3) is 3.86. The van der Waals surface area contributed by atoms with Crippen LogP contribution in [0.4, 0.5) is 5.95 Å². The lowest BCUT2D eigenvalue weighted by Crippen LogP contribution is -2.36. The Bertz CT molecular complexity index is 1420. The molecule has 176 valence electrons. The number of anilines is 1. The number of aromatic nitrogens is 4. The highest BCUT2D eigenvalue weighted by molar-refractivity contribution is 7.13. The van der Waals surface area contributed by atoms with E-state index in [1.807, 2.05) is 41.9 Å². The van der Waals surface area contributed by atoms with Crippen molar-refractivity contribution in [3.05, 3.63) is 77.1 Å². The Hall–Kier alpha value is -3.69. The van der Waals surface area contributed by atoms with Gasteiger partial charge in [-0.15, -0.1) is 11.3 Å². The van der Waals surface area contributed by atoms with Gasteiger partial charge >= 0.3 is 0 Å². The Morgan fingerprint density at radius 2 is 2.03 bits per heavy atom. The first-order valence-electron chi connectivity index (χ1n) is 11.6. The van der Waals surface area contributed by atoms with E-state index in [-0.39, 0.29) is 11.9 Å². The second-order valence-corrected chi connectivity index (χ2v) is 9.86. The zero-order chi connectivity index (χ0) is 24.0. The molecule has 1 aliphatic carbocycles. The van der Waals surface area contributed by atoms with Gasteiger partial charge in [-0.1, -0.05) is 24.3 Å². The number of aryl methyl sites for hydroxylation is 1. The lowest BCUT2D eigenvalue weighted by molar-refractivity contribution is -0.143. The molecule has 1 fully saturated rings. The second-order valence-electron chi connectivity index (χ2n) is 9.00. The van der Waals surface area contributed by atoms with Crippen molar-refractivity contribution in [2.45, 2.75) is 30.9 Å². The number of likely N-dealkylation sites (tertiary alicyclic amines) is 1. The number of nitrogens with one attached hydrogen (secondary N) is 1. The number of nitrogens with zero attached hydrogens (tertiary/aromatic N) is 5. The summed E-state index contributed by atoms with van der Waals surface area (Å²) in [7, 11) is 1.71. The summed E-state index contributed by atoms with van der Waals surface area (Å²) in [5.41, 5.74) is 3.78. The highest BCUT2D eigenvalue weighted by atomic mass is 32.1. The predicted molar refractivity (Wildman–Crippen MR) is 134 cm³/mol. The summed E-state index contributed by atoms with van der Waals surface area (Å²) in [5.74, 6) is 0.282. The SMILES string of the molecule is CN1CC[C@@](O)(c2cccc(-c3nc(-c4ccnc(NC5CCc6cccnc65)n4)cs3)c2)C1=O. The largest absolute Gasteiger partial charge is 0.375 e. The summed E-state index contributed by atoms with van der Waals surface area (Å²) in [6.07, 6.45) is 5.89. The number of rotatable bonds is 5. The second kappa shape index (κ2) is 8.51. The average molecular weight is 485 g/mol. The number of pyridine rings is 1. The molecule has 0 radical (unpaired) electrons. The third-order valence-corrected chi connectivity index (χ3v) is 7.67. The Morgan fingerprint density at radius 1 is 1.11 bits per heavy atom. The Labute approximate surface area is 206 Å². The van der Waals surface area contributed by atoms with Crippen LogP contribution in [0.1, 0.15) is 35.7 Å². The lowest BCUT2D eigenvalue weighted by Gasteiger charge is -2.21. The Kier molecular flexibility index (Phi) is 5.31. The van der Waals surface area contributed by atoms with Gasteiger partial charge in [0.2, 0.25) is 5.95 Å². The van der Waals surface area contributed by atoms with Crippen molar-refractivity contribution in [2.75, 3.05) is 18.9 Å².